The Morgan fingerprint density at radius 3 is 2.79 bits per heavy atom. The van der Waals surface area contributed by atoms with Crippen LogP contribution in [0.25, 0.3) is 0 Å². The molecular formula is C15H23FN2O. The average Bonchev–Trinajstić information content (AvgIpc) is 2.75. The van der Waals surface area contributed by atoms with E-state index >= 15 is 0 Å². The van der Waals surface area contributed by atoms with Crippen LogP contribution in [-0.2, 0) is 17.8 Å². The molecule has 1 aliphatic heterocycles. The molecule has 1 fully saturated rings. The highest BCUT2D eigenvalue weighted by atomic mass is 19.1. The summed E-state index contributed by atoms with van der Waals surface area (Å²) < 4.78 is 19.4. The lowest BCUT2D eigenvalue weighted by atomic mass is 10.1. The van der Waals surface area contributed by atoms with Gasteiger partial charge in [0.25, 0.3) is 0 Å². The molecule has 1 aromatic carbocycles. The Labute approximate surface area is 114 Å². The van der Waals surface area contributed by atoms with Gasteiger partial charge in [-0.1, -0.05) is 12.1 Å². The molecule has 2 atom stereocenters. The first-order valence-electron chi connectivity index (χ1n) is 6.83. The summed E-state index contributed by atoms with van der Waals surface area (Å²) in [6.45, 7) is 4.21. The molecule has 0 spiro atoms. The molecule has 1 N–H and O–H groups in total. The third kappa shape index (κ3) is 4.00. The van der Waals surface area contributed by atoms with Crippen molar-refractivity contribution >= 4 is 0 Å². The highest BCUT2D eigenvalue weighted by Crippen LogP contribution is 2.15. The van der Waals surface area contributed by atoms with Crippen molar-refractivity contribution in [2.24, 2.45) is 0 Å². The molecule has 3 nitrogen and oxygen atoms in total. The highest BCUT2D eigenvalue weighted by Gasteiger charge is 2.23. The summed E-state index contributed by atoms with van der Waals surface area (Å²) in [7, 11) is 3.88. The van der Waals surface area contributed by atoms with E-state index in [0.29, 0.717) is 19.1 Å². The smallest absolute Gasteiger partial charge is 0.128 e. The van der Waals surface area contributed by atoms with Crippen molar-refractivity contribution in [2.45, 2.75) is 38.6 Å². The maximum Gasteiger partial charge on any atom is 0.128 e. The first-order chi connectivity index (χ1) is 9.06. The number of halogens is 1. The molecule has 0 radical (unpaired) electrons. The second-order valence-electron chi connectivity index (χ2n) is 5.52. The number of nitrogens with one attached hydrogen (secondary N) is 1. The van der Waals surface area contributed by atoms with Crippen molar-refractivity contribution < 1.29 is 9.13 Å². The Morgan fingerprint density at radius 1 is 1.42 bits per heavy atom. The summed E-state index contributed by atoms with van der Waals surface area (Å²) in [5.74, 6) is -0.122. The van der Waals surface area contributed by atoms with Crippen molar-refractivity contribution in [3.05, 3.63) is 35.1 Å². The van der Waals surface area contributed by atoms with Crippen molar-refractivity contribution in [3.63, 3.8) is 0 Å². The first-order valence-corrected chi connectivity index (χ1v) is 6.83. The summed E-state index contributed by atoms with van der Waals surface area (Å²) >= 11 is 0. The van der Waals surface area contributed by atoms with E-state index in [2.05, 4.69) is 12.2 Å². The Bertz CT molecular complexity index is 423. The molecule has 1 aliphatic rings. The minimum absolute atomic E-state index is 0.122. The molecule has 0 aliphatic carbocycles. The molecule has 0 bridgehead atoms. The van der Waals surface area contributed by atoms with Gasteiger partial charge < -0.3 is 15.0 Å². The van der Waals surface area contributed by atoms with Gasteiger partial charge in [-0.3, -0.25) is 0 Å². The third-order valence-corrected chi connectivity index (χ3v) is 3.55. The van der Waals surface area contributed by atoms with Gasteiger partial charge >= 0.3 is 0 Å². The maximum atomic E-state index is 13.9. The third-order valence-electron chi connectivity index (χ3n) is 3.55. The zero-order valence-corrected chi connectivity index (χ0v) is 11.9. The van der Waals surface area contributed by atoms with Crippen LogP contribution in [0.3, 0.4) is 0 Å². The zero-order valence-electron chi connectivity index (χ0n) is 11.9. The number of rotatable bonds is 5. The van der Waals surface area contributed by atoms with E-state index in [-0.39, 0.29) is 11.9 Å². The van der Waals surface area contributed by atoms with Gasteiger partial charge in [0.2, 0.25) is 0 Å². The van der Waals surface area contributed by atoms with Gasteiger partial charge in [0.05, 0.1) is 6.10 Å². The molecule has 0 amide bonds. The number of ether oxygens (including phenoxy) is 1. The molecule has 4 heteroatoms. The molecule has 0 aromatic heterocycles. The Hall–Kier alpha value is -0.970. The van der Waals surface area contributed by atoms with E-state index < -0.39 is 0 Å². The topological polar surface area (TPSA) is 24.5 Å². The predicted octanol–water partition coefficient (Wildman–Crippen LogP) is 2.15. The molecule has 1 aromatic rings. The molecule has 1 saturated heterocycles. The van der Waals surface area contributed by atoms with Crippen LogP contribution >= 0.6 is 0 Å². The Balaban J connectivity index is 1.92. The van der Waals surface area contributed by atoms with Crippen molar-refractivity contribution in [3.8, 4) is 0 Å². The minimum atomic E-state index is -0.122. The molecule has 0 unspecified atom stereocenters. The fraction of sp³-hybridized carbons (Fsp3) is 0.600. The first kappa shape index (κ1) is 14.4. The number of benzene rings is 1. The van der Waals surface area contributed by atoms with Crippen LogP contribution in [0.2, 0.25) is 0 Å². The van der Waals surface area contributed by atoms with Crippen molar-refractivity contribution in [1.82, 2.24) is 10.2 Å². The minimum Gasteiger partial charge on any atom is -0.377 e. The normalized spacial score (nSPS) is 23.2. The van der Waals surface area contributed by atoms with Gasteiger partial charge in [-0.25, -0.2) is 4.39 Å². The monoisotopic (exact) mass is 266 g/mol. The highest BCUT2D eigenvalue weighted by molar-refractivity contribution is 5.24. The second-order valence-corrected chi connectivity index (χ2v) is 5.52. The second kappa shape index (κ2) is 6.46. The van der Waals surface area contributed by atoms with Crippen LogP contribution in [0.1, 0.15) is 24.5 Å². The molecule has 1 heterocycles. The predicted molar refractivity (Wildman–Crippen MR) is 74.4 cm³/mol. The lowest BCUT2D eigenvalue weighted by molar-refractivity contribution is 0.113. The van der Waals surface area contributed by atoms with Gasteiger partial charge in [0.1, 0.15) is 5.82 Å². The Kier molecular flexibility index (Phi) is 4.91. The largest absolute Gasteiger partial charge is 0.377 e. The van der Waals surface area contributed by atoms with Crippen LogP contribution in [0.15, 0.2) is 18.2 Å². The van der Waals surface area contributed by atoms with E-state index in [9.17, 15) is 4.39 Å². The van der Waals surface area contributed by atoms with Gasteiger partial charge in [-0.15, -0.1) is 0 Å². The summed E-state index contributed by atoms with van der Waals surface area (Å²) in [4.78, 5) is 1.97. The average molecular weight is 266 g/mol. The SMILES string of the molecule is C[C@@H]1OCC[C@H]1NCc1ccc(CN(C)C)c(F)c1. The van der Waals surface area contributed by atoms with Crippen LogP contribution in [0.4, 0.5) is 4.39 Å². The van der Waals surface area contributed by atoms with Crippen LogP contribution in [0, 0.1) is 5.82 Å². The number of nitrogens with zero attached hydrogens (tertiary/aromatic N) is 1. The number of hydrogen-bond donors (Lipinski definition) is 1. The van der Waals surface area contributed by atoms with Gasteiger partial charge in [0.15, 0.2) is 0 Å². The van der Waals surface area contributed by atoms with Crippen LogP contribution in [0.5, 0.6) is 0 Å². The molecule has 0 saturated carbocycles. The standard InChI is InChI=1S/C15H23FN2O/c1-11-15(6-7-19-11)17-9-12-4-5-13(10-18(2)3)14(16)8-12/h4-5,8,11,15,17H,6-7,9-10H2,1-3H3/t11-,15+/m0/s1. The lowest BCUT2D eigenvalue weighted by Gasteiger charge is -2.16. The van der Waals surface area contributed by atoms with Crippen molar-refractivity contribution in [1.29, 1.82) is 0 Å². The van der Waals surface area contributed by atoms with Crippen LogP contribution < -0.4 is 5.32 Å². The van der Waals surface area contributed by atoms with Gasteiger partial charge in [0, 0.05) is 31.3 Å². The quantitative estimate of drug-likeness (QED) is 0.884. The van der Waals surface area contributed by atoms with Gasteiger partial charge in [-0.05, 0) is 39.1 Å². The fourth-order valence-electron chi connectivity index (χ4n) is 2.42. The lowest BCUT2D eigenvalue weighted by Crippen LogP contribution is -2.34. The molecule has 106 valence electrons. The molecular weight excluding hydrogens is 243 g/mol. The summed E-state index contributed by atoms with van der Waals surface area (Å²) in [5, 5.41) is 3.43. The summed E-state index contributed by atoms with van der Waals surface area (Å²) in [6, 6.07) is 5.88. The van der Waals surface area contributed by atoms with Crippen LogP contribution in [-0.4, -0.2) is 37.7 Å². The summed E-state index contributed by atoms with van der Waals surface area (Å²) in [5.41, 5.74) is 1.73. The van der Waals surface area contributed by atoms with E-state index in [1.54, 1.807) is 6.07 Å². The number of hydrogen-bond acceptors (Lipinski definition) is 3. The molecule has 19 heavy (non-hydrogen) atoms. The zero-order chi connectivity index (χ0) is 13.8. The van der Waals surface area contributed by atoms with E-state index in [4.69, 9.17) is 4.74 Å². The summed E-state index contributed by atoms with van der Waals surface area (Å²) in [6.07, 6.45) is 1.28. The molecule has 2 rings (SSSR count). The van der Waals surface area contributed by atoms with Gasteiger partial charge in [-0.2, -0.15) is 0 Å². The maximum absolute atomic E-state index is 13.9. The van der Waals surface area contributed by atoms with E-state index in [1.807, 2.05) is 31.1 Å². The van der Waals surface area contributed by atoms with E-state index in [0.717, 1.165) is 24.2 Å². The fourth-order valence-corrected chi connectivity index (χ4v) is 2.42. The van der Waals surface area contributed by atoms with E-state index in [1.165, 1.54) is 0 Å². The Morgan fingerprint density at radius 2 is 2.21 bits per heavy atom. The van der Waals surface area contributed by atoms with Crippen molar-refractivity contribution in [2.75, 3.05) is 20.7 Å².